The molecule has 1 saturated heterocycles. The maximum Gasteiger partial charge on any atom is 0.184 e. The summed E-state index contributed by atoms with van der Waals surface area (Å²) in [6.45, 7) is 1.29. The van der Waals surface area contributed by atoms with Gasteiger partial charge >= 0.3 is 0 Å². The molecule has 1 atom stereocenters. The molecule has 8 nitrogen and oxygen atoms in total. The van der Waals surface area contributed by atoms with E-state index < -0.39 is 26.9 Å². The van der Waals surface area contributed by atoms with Crippen LogP contribution < -0.4 is 0 Å². The van der Waals surface area contributed by atoms with Crippen molar-refractivity contribution in [2.75, 3.05) is 13.2 Å². The lowest BCUT2D eigenvalue weighted by Gasteiger charge is -2.26. The number of hydrogen-bond donors (Lipinski definition) is 0. The summed E-state index contributed by atoms with van der Waals surface area (Å²) in [5.41, 5.74) is 0.999. The van der Waals surface area contributed by atoms with Crippen LogP contribution in [0.15, 0.2) is 41.8 Å². The SMILES string of the molecule is O=C(Cc1cnccn1)C(CC1CCOCC1)n1ncc2c(S(=O)(=O)C3CC3)c(F)ccc21. The van der Waals surface area contributed by atoms with Crippen LogP contribution in [-0.2, 0) is 25.8 Å². The molecule has 1 aromatic carbocycles. The van der Waals surface area contributed by atoms with E-state index in [1.807, 2.05) is 0 Å². The Hall–Kier alpha value is -2.72. The Balaban J connectivity index is 1.55. The molecule has 3 aromatic rings. The zero-order chi connectivity index (χ0) is 23.0. The van der Waals surface area contributed by atoms with Crippen molar-refractivity contribution >= 4 is 26.5 Å². The van der Waals surface area contributed by atoms with Crippen molar-refractivity contribution in [1.29, 1.82) is 0 Å². The Kier molecular flexibility index (Phi) is 5.96. The fraction of sp³-hybridized carbons (Fsp3) is 0.478. The predicted octanol–water partition coefficient (Wildman–Crippen LogP) is 3.07. The smallest absolute Gasteiger partial charge is 0.184 e. The Morgan fingerprint density at radius 3 is 2.64 bits per heavy atom. The highest BCUT2D eigenvalue weighted by molar-refractivity contribution is 7.92. The Morgan fingerprint density at radius 2 is 1.94 bits per heavy atom. The number of hydrogen-bond acceptors (Lipinski definition) is 7. The van der Waals surface area contributed by atoms with E-state index in [-0.39, 0.29) is 28.4 Å². The number of ketones is 1. The van der Waals surface area contributed by atoms with Gasteiger partial charge in [-0.1, -0.05) is 0 Å². The van der Waals surface area contributed by atoms with Crippen LogP contribution in [0.4, 0.5) is 4.39 Å². The number of carbonyl (C=O) groups is 1. The summed E-state index contributed by atoms with van der Waals surface area (Å²) in [5.74, 6) is -0.604. The summed E-state index contributed by atoms with van der Waals surface area (Å²) in [6.07, 6.45) is 9.39. The van der Waals surface area contributed by atoms with Crippen molar-refractivity contribution in [1.82, 2.24) is 19.7 Å². The van der Waals surface area contributed by atoms with E-state index in [0.29, 0.717) is 43.7 Å². The maximum absolute atomic E-state index is 14.7. The average Bonchev–Trinajstić information content (AvgIpc) is 3.60. The van der Waals surface area contributed by atoms with Crippen molar-refractivity contribution in [2.24, 2.45) is 5.92 Å². The molecule has 0 spiro atoms. The first kappa shape index (κ1) is 22.1. The second-order valence-electron chi connectivity index (χ2n) is 8.79. The monoisotopic (exact) mass is 472 g/mol. The largest absolute Gasteiger partial charge is 0.381 e. The molecule has 3 heterocycles. The van der Waals surface area contributed by atoms with Crippen LogP contribution in [0.25, 0.3) is 10.9 Å². The van der Waals surface area contributed by atoms with Crippen LogP contribution in [0.5, 0.6) is 0 Å². The molecule has 174 valence electrons. The molecule has 10 heteroatoms. The van der Waals surface area contributed by atoms with E-state index >= 15 is 0 Å². The Labute approximate surface area is 191 Å². The van der Waals surface area contributed by atoms with Gasteiger partial charge in [0.25, 0.3) is 0 Å². The van der Waals surface area contributed by atoms with Crippen LogP contribution in [0.3, 0.4) is 0 Å². The van der Waals surface area contributed by atoms with Crippen molar-refractivity contribution in [3.05, 3.63) is 48.4 Å². The molecule has 0 amide bonds. The minimum Gasteiger partial charge on any atom is -0.381 e. The molecule has 0 radical (unpaired) electrons. The molecule has 1 aliphatic heterocycles. The summed E-state index contributed by atoms with van der Waals surface area (Å²) in [5, 5.41) is 4.10. The fourth-order valence-electron chi connectivity index (χ4n) is 4.53. The molecule has 5 rings (SSSR count). The van der Waals surface area contributed by atoms with Gasteiger partial charge in [-0.25, -0.2) is 12.8 Å². The number of sulfone groups is 1. The quantitative estimate of drug-likeness (QED) is 0.496. The van der Waals surface area contributed by atoms with Gasteiger partial charge in [-0.05, 0) is 50.2 Å². The summed E-state index contributed by atoms with van der Waals surface area (Å²) in [4.78, 5) is 21.4. The van der Waals surface area contributed by atoms with Gasteiger partial charge in [0.15, 0.2) is 15.6 Å². The van der Waals surface area contributed by atoms with Gasteiger partial charge in [0.05, 0.1) is 29.1 Å². The number of aromatic nitrogens is 4. The van der Waals surface area contributed by atoms with Gasteiger partial charge in [-0.15, -0.1) is 0 Å². The number of nitrogens with zero attached hydrogens (tertiary/aromatic N) is 4. The summed E-state index contributed by atoms with van der Waals surface area (Å²) < 4.78 is 47.6. The lowest BCUT2D eigenvalue weighted by atomic mass is 9.90. The van der Waals surface area contributed by atoms with Crippen molar-refractivity contribution < 1.29 is 22.3 Å². The van der Waals surface area contributed by atoms with Crippen LogP contribution in [0, 0.1) is 11.7 Å². The van der Waals surface area contributed by atoms with E-state index in [2.05, 4.69) is 15.1 Å². The van der Waals surface area contributed by atoms with E-state index in [0.717, 1.165) is 18.9 Å². The normalized spacial score (nSPS) is 18.5. The number of ether oxygens (including phenoxy) is 1. The molecule has 2 aliphatic rings. The van der Waals surface area contributed by atoms with Crippen LogP contribution in [0.1, 0.15) is 43.8 Å². The zero-order valence-corrected chi connectivity index (χ0v) is 18.9. The topological polar surface area (TPSA) is 104 Å². The zero-order valence-electron chi connectivity index (χ0n) is 18.1. The van der Waals surface area contributed by atoms with Gasteiger partial charge in [0.1, 0.15) is 16.8 Å². The van der Waals surface area contributed by atoms with Crippen molar-refractivity contribution in [2.45, 2.75) is 54.7 Å². The van der Waals surface area contributed by atoms with Gasteiger partial charge < -0.3 is 4.74 Å². The number of rotatable bonds is 8. The number of carbonyl (C=O) groups excluding carboxylic acids is 1. The summed E-state index contributed by atoms with van der Waals surface area (Å²) in [7, 11) is -3.78. The van der Waals surface area contributed by atoms with Crippen LogP contribution in [-0.4, -0.2) is 52.4 Å². The van der Waals surface area contributed by atoms with Gasteiger partial charge in [-0.3, -0.25) is 19.4 Å². The summed E-state index contributed by atoms with van der Waals surface area (Å²) >= 11 is 0. The number of benzene rings is 1. The van der Waals surface area contributed by atoms with Gasteiger partial charge in [-0.2, -0.15) is 5.10 Å². The standard InChI is InChI=1S/C23H25FN4O4S/c24-19-3-4-20-18(23(19)33(30,31)17-1-2-17)14-27-28(20)21(11-15-5-9-32-10-6-15)22(29)12-16-13-25-7-8-26-16/h3-4,7-8,13-15,17,21H,1-2,5-6,9-12H2. The fourth-order valence-corrected chi connectivity index (χ4v) is 6.43. The third-order valence-electron chi connectivity index (χ3n) is 6.47. The minimum absolute atomic E-state index is 0.0809. The minimum atomic E-state index is -3.78. The Bertz CT molecular complexity index is 1270. The highest BCUT2D eigenvalue weighted by Crippen LogP contribution is 2.39. The molecule has 2 aromatic heterocycles. The van der Waals surface area contributed by atoms with E-state index in [4.69, 9.17) is 4.74 Å². The Morgan fingerprint density at radius 1 is 1.15 bits per heavy atom. The molecule has 1 aliphatic carbocycles. The first-order valence-electron chi connectivity index (χ1n) is 11.2. The highest BCUT2D eigenvalue weighted by atomic mass is 32.2. The first-order valence-corrected chi connectivity index (χ1v) is 12.7. The molecule has 1 saturated carbocycles. The molecular weight excluding hydrogens is 447 g/mol. The maximum atomic E-state index is 14.7. The number of Topliss-reactive ketones (excluding diaryl/α,β-unsaturated/α-hetero) is 1. The predicted molar refractivity (Wildman–Crippen MR) is 118 cm³/mol. The molecule has 2 fully saturated rings. The van der Waals surface area contributed by atoms with E-state index in [9.17, 15) is 17.6 Å². The summed E-state index contributed by atoms with van der Waals surface area (Å²) in [6, 6.07) is 2.04. The van der Waals surface area contributed by atoms with Crippen LogP contribution >= 0.6 is 0 Å². The van der Waals surface area contributed by atoms with Gasteiger partial charge in [0.2, 0.25) is 0 Å². The van der Waals surface area contributed by atoms with Crippen molar-refractivity contribution in [3.8, 4) is 0 Å². The van der Waals surface area contributed by atoms with Gasteiger partial charge in [0, 0.05) is 37.2 Å². The molecular formula is C23H25FN4O4S. The molecule has 0 bridgehead atoms. The molecule has 1 unspecified atom stereocenters. The second kappa shape index (κ2) is 8.90. The average molecular weight is 473 g/mol. The first-order chi connectivity index (χ1) is 15.9. The highest BCUT2D eigenvalue weighted by Gasteiger charge is 2.40. The second-order valence-corrected chi connectivity index (χ2v) is 11.0. The van der Waals surface area contributed by atoms with Crippen LogP contribution in [0.2, 0.25) is 0 Å². The van der Waals surface area contributed by atoms with E-state index in [1.165, 1.54) is 18.5 Å². The molecule has 0 N–H and O–H groups in total. The molecule has 33 heavy (non-hydrogen) atoms. The third kappa shape index (κ3) is 4.41. The van der Waals surface area contributed by atoms with E-state index in [1.54, 1.807) is 17.1 Å². The number of halogens is 1. The third-order valence-corrected chi connectivity index (χ3v) is 8.80. The van der Waals surface area contributed by atoms with Crippen molar-refractivity contribution in [3.63, 3.8) is 0 Å². The lowest BCUT2D eigenvalue weighted by molar-refractivity contribution is -0.122. The lowest BCUT2D eigenvalue weighted by Crippen LogP contribution is -2.27. The number of fused-ring (bicyclic) bond motifs is 1.